The van der Waals surface area contributed by atoms with Crippen LogP contribution in [0.5, 0.6) is 5.75 Å². The SMILES string of the molecule is CCC(CC)C(=O)CCCSSC(C)(C)CCC(=O)N(C)[C@@H](C)C(=O)O[C@H]1CC(=O)N(C)c2cc(cc(OC)c2Cl)C/C(C)=C/C=C/[C@@H](OC)[C@@]2(O)C[C@H](OC(=O)N2)[C@@H](C)[C@@H]2O[C@@]12C. The van der Waals surface area contributed by atoms with Crippen molar-refractivity contribution in [2.24, 2.45) is 11.8 Å². The molecule has 17 heteroatoms. The van der Waals surface area contributed by atoms with Gasteiger partial charge >= 0.3 is 12.1 Å². The Hall–Kier alpha value is -3.28. The van der Waals surface area contributed by atoms with Crippen molar-refractivity contribution in [3.63, 3.8) is 0 Å². The molecule has 0 aromatic heterocycles. The molecule has 0 aliphatic carbocycles. The Morgan fingerprint density at radius 1 is 1.16 bits per heavy atom. The summed E-state index contributed by atoms with van der Waals surface area (Å²) in [7, 11) is 9.45. The Balaban J connectivity index is 1.55. The third kappa shape index (κ3) is 13.4. The quantitative estimate of drug-likeness (QED) is 0.0662. The first kappa shape index (κ1) is 53.3. The first-order valence-electron chi connectivity index (χ1n) is 22.2. The molecule has 0 spiro atoms. The lowest BCUT2D eigenvalue weighted by Gasteiger charge is -2.42. The molecule has 0 unspecified atom stereocenters. The second kappa shape index (κ2) is 23.0. The standard InChI is InChI=1S/C47H70ClN3O11S2/c1-13-32(14-2)34(52)18-16-22-63-64-45(6,7)21-20-39(53)50(9)30(5)43(55)61-38-26-40(54)51(10)33-24-31(25-35(58-11)41(33)48)23-28(3)17-15-19-37(59-12)47(57)27-36(60-44(56)49-47)29(4)42-46(38,8)62-42/h15,17,19,24-25,29-30,32,36-38,42,57H,13-14,16,18,20-23,26-27H2,1-12H3,(H,49,56)/b19-15+,28-17+/t29-,30+,36+,37-,38+,42+,46+,47+/m1/s1. The van der Waals surface area contributed by atoms with Gasteiger partial charge in [-0.3, -0.25) is 19.7 Å². The van der Waals surface area contributed by atoms with Crippen LogP contribution in [-0.2, 0) is 44.5 Å². The fourth-order valence-corrected chi connectivity index (χ4v) is 11.3. The molecular weight excluding hydrogens is 882 g/mol. The fraction of sp³-hybridized carbons (Fsp3) is 0.681. The molecule has 64 heavy (non-hydrogen) atoms. The molecule has 2 saturated heterocycles. The minimum absolute atomic E-state index is 0.0605. The van der Waals surface area contributed by atoms with E-state index < -0.39 is 65.7 Å². The molecule has 4 bridgehead atoms. The zero-order valence-corrected chi connectivity index (χ0v) is 42.0. The van der Waals surface area contributed by atoms with Gasteiger partial charge < -0.3 is 38.6 Å². The number of allylic oxidation sites excluding steroid dienone is 3. The molecule has 3 aliphatic rings. The van der Waals surface area contributed by atoms with E-state index in [-0.39, 0.29) is 40.9 Å². The van der Waals surface area contributed by atoms with E-state index in [0.717, 1.165) is 36.2 Å². The van der Waals surface area contributed by atoms with Crippen molar-refractivity contribution < 1.29 is 52.8 Å². The number of nitrogens with one attached hydrogen (secondary N) is 1. The maximum absolute atomic E-state index is 14.3. The highest BCUT2D eigenvalue weighted by Gasteiger charge is 2.64. The molecule has 8 atom stereocenters. The van der Waals surface area contributed by atoms with Gasteiger partial charge in [0, 0.05) is 62.8 Å². The van der Waals surface area contributed by atoms with E-state index in [2.05, 4.69) is 33.0 Å². The predicted octanol–water partition coefficient (Wildman–Crippen LogP) is 8.24. The van der Waals surface area contributed by atoms with Crippen molar-refractivity contribution in [3.05, 3.63) is 46.5 Å². The Bertz CT molecular complexity index is 1910. The van der Waals surface area contributed by atoms with Crippen LogP contribution >= 0.6 is 33.2 Å². The van der Waals surface area contributed by atoms with Crippen molar-refractivity contribution in [1.82, 2.24) is 10.2 Å². The second-order valence-corrected chi connectivity index (χ2v) is 21.7. The highest BCUT2D eigenvalue weighted by molar-refractivity contribution is 8.77. The van der Waals surface area contributed by atoms with Crippen molar-refractivity contribution in [2.75, 3.05) is 39.0 Å². The Kier molecular flexibility index (Phi) is 19.1. The molecule has 2 N–H and O–H groups in total. The number of aliphatic hydroxyl groups is 1. The number of rotatable bonds is 17. The normalized spacial score (nSPS) is 28.2. The average Bonchev–Trinajstić information content (AvgIpc) is 3.94. The molecule has 1 aromatic rings. The number of carbonyl (C=O) groups excluding carboxylic acids is 5. The van der Waals surface area contributed by atoms with Crippen LogP contribution in [0, 0.1) is 11.8 Å². The molecule has 3 heterocycles. The number of likely N-dealkylation sites (N-methyl/N-ethyl adjacent to an activating group) is 1. The third-order valence-corrected chi connectivity index (χ3v) is 16.7. The number of ether oxygens (including phenoxy) is 5. The molecule has 0 radical (unpaired) electrons. The van der Waals surface area contributed by atoms with Crippen molar-refractivity contribution in [2.45, 2.75) is 160 Å². The molecule has 2 fully saturated rings. The number of fused-ring (bicyclic) bond motifs is 5. The number of amides is 3. The van der Waals surface area contributed by atoms with E-state index in [9.17, 15) is 29.1 Å². The number of alkyl carbamates (subject to hydrolysis) is 1. The lowest BCUT2D eigenvalue weighted by molar-refractivity contribution is -0.162. The number of epoxide rings is 1. The van der Waals surface area contributed by atoms with Crippen LogP contribution in [0.25, 0.3) is 0 Å². The number of nitrogens with zero attached hydrogens (tertiary/aromatic N) is 2. The molecule has 4 rings (SSSR count). The summed E-state index contributed by atoms with van der Waals surface area (Å²) >= 11 is 6.82. The zero-order chi connectivity index (χ0) is 47.7. The van der Waals surface area contributed by atoms with Crippen LogP contribution in [0.3, 0.4) is 0 Å². The Labute approximate surface area is 392 Å². The Morgan fingerprint density at radius 2 is 1.84 bits per heavy atom. The van der Waals surface area contributed by atoms with E-state index in [4.69, 9.17) is 35.3 Å². The minimum atomic E-state index is -1.84. The highest BCUT2D eigenvalue weighted by Crippen LogP contribution is 2.49. The van der Waals surface area contributed by atoms with E-state index in [0.29, 0.717) is 36.5 Å². The van der Waals surface area contributed by atoms with Crippen molar-refractivity contribution in [3.8, 4) is 5.75 Å². The first-order valence-corrected chi connectivity index (χ1v) is 24.9. The smallest absolute Gasteiger partial charge is 0.409 e. The van der Waals surface area contributed by atoms with Gasteiger partial charge in [0.1, 0.15) is 46.5 Å². The molecular formula is C47H70ClN3O11S2. The number of hydrogen-bond acceptors (Lipinski definition) is 13. The summed E-state index contributed by atoms with van der Waals surface area (Å²) in [6.07, 6.45) is 4.71. The number of benzene rings is 1. The van der Waals surface area contributed by atoms with Crippen LogP contribution in [-0.4, -0.2) is 120 Å². The maximum Gasteiger partial charge on any atom is 0.409 e. The van der Waals surface area contributed by atoms with Crippen molar-refractivity contribution >= 4 is 68.5 Å². The van der Waals surface area contributed by atoms with Gasteiger partial charge in [-0.25, -0.2) is 9.59 Å². The summed E-state index contributed by atoms with van der Waals surface area (Å²) in [5, 5.41) is 14.6. The van der Waals surface area contributed by atoms with Crippen LogP contribution in [0.2, 0.25) is 5.02 Å². The molecule has 1 aromatic carbocycles. The number of anilines is 1. The Morgan fingerprint density at radius 3 is 2.48 bits per heavy atom. The summed E-state index contributed by atoms with van der Waals surface area (Å²) < 4.78 is 29.3. The number of hydrogen-bond donors (Lipinski definition) is 2. The first-order chi connectivity index (χ1) is 30.0. The van der Waals surface area contributed by atoms with E-state index in [1.807, 2.05) is 13.0 Å². The fourth-order valence-electron chi connectivity index (χ4n) is 8.30. The second-order valence-electron chi connectivity index (χ2n) is 18.2. The van der Waals surface area contributed by atoms with Gasteiger partial charge in [-0.05, 0) is 84.4 Å². The van der Waals surface area contributed by atoms with Gasteiger partial charge in [0.25, 0.3) is 0 Å². The van der Waals surface area contributed by atoms with Crippen LogP contribution in [0.1, 0.15) is 112 Å². The summed E-state index contributed by atoms with van der Waals surface area (Å²) in [6, 6.07) is 2.58. The molecule has 358 valence electrons. The summed E-state index contributed by atoms with van der Waals surface area (Å²) in [5.41, 5.74) is -0.969. The van der Waals surface area contributed by atoms with Gasteiger partial charge in [-0.15, -0.1) is 0 Å². The molecule has 14 nitrogen and oxygen atoms in total. The van der Waals surface area contributed by atoms with E-state index >= 15 is 0 Å². The van der Waals surface area contributed by atoms with Gasteiger partial charge in [0.15, 0.2) is 5.72 Å². The van der Waals surface area contributed by atoms with Crippen LogP contribution < -0.4 is 15.0 Å². The lowest BCUT2D eigenvalue weighted by atomic mass is 9.83. The monoisotopic (exact) mass is 951 g/mol. The summed E-state index contributed by atoms with van der Waals surface area (Å²) in [6.45, 7) is 15.3. The average molecular weight is 953 g/mol. The number of esters is 1. The number of methoxy groups -OCH3 is 2. The molecule has 0 saturated carbocycles. The van der Waals surface area contributed by atoms with Gasteiger partial charge in [-0.1, -0.05) is 77.8 Å². The minimum Gasteiger partial charge on any atom is -0.495 e. The summed E-state index contributed by atoms with van der Waals surface area (Å²) in [5.74, 6) is -0.294. The lowest BCUT2D eigenvalue weighted by Crippen LogP contribution is -2.63. The van der Waals surface area contributed by atoms with Gasteiger partial charge in [0.2, 0.25) is 11.8 Å². The molecule has 3 amide bonds. The van der Waals surface area contributed by atoms with Crippen molar-refractivity contribution in [1.29, 1.82) is 0 Å². The molecule has 3 aliphatic heterocycles. The number of Topliss-reactive ketones (excluding diaryl/α,β-unsaturated/α-hetero) is 1. The largest absolute Gasteiger partial charge is 0.495 e. The van der Waals surface area contributed by atoms with Crippen LogP contribution in [0.4, 0.5) is 10.5 Å². The predicted molar refractivity (Wildman–Crippen MR) is 253 cm³/mol. The van der Waals surface area contributed by atoms with E-state index in [1.54, 1.807) is 80.7 Å². The topological polar surface area (TPSA) is 174 Å². The zero-order valence-electron chi connectivity index (χ0n) is 39.6. The number of carbonyl (C=O) groups is 5. The van der Waals surface area contributed by atoms with Gasteiger partial charge in [0.05, 0.1) is 25.3 Å². The van der Waals surface area contributed by atoms with E-state index in [1.165, 1.54) is 24.0 Å². The van der Waals surface area contributed by atoms with Gasteiger partial charge in [-0.2, -0.15) is 0 Å². The summed E-state index contributed by atoms with van der Waals surface area (Å²) in [4.78, 5) is 70.1. The maximum atomic E-state index is 14.3. The number of halogens is 1. The van der Waals surface area contributed by atoms with Crippen LogP contribution in [0.15, 0.2) is 35.9 Å². The highest BCUT2D eigenvalue weighted by atomic mass is 35.5. The number of ketones is 1. The third-order valence-electron chi connectivity index (χ3n) is 12.8.